The molecule has 0 aromatic carbocycles. The second-order valence-electron chi connectivity index (χ2n) is 4.34. The molecule has 17 heavy (non-hydrogen) atoms. The lowest BCUT2D eigenvalue weighted by atomic mass is 10.1. The van der Waals surface area contributed by atoms with Crippen molar-refractivity contribution in [3.63, 3.8) is 0 Å². The van der Waals surface area contributed by atoms with Crippen molar-refractivity contribution in [1.82, 2.24) is 14.5 Å². The molecule has 0 fully saturated rings. The standard InChI is InChI=1S/C12H13N3O2/c1-8-9-4-6-15(11(9)14-7-13-8)12(17)5-2-3-10(12)16/h2-4,6-7,10,16-17H,5H2,1H3. The number of nitrogens with zero attached hydrogens (tertiary/aromatic N) is 3. The minimum atomic E-state index is -1.33. The Labute approximate surface area is 98.1 Å². The predicted molar refractivity (Wildman–Crippen MR) is 62.2 cm³/mol. The van der Waals surface area contributed by atoms with E-state index in [9.17, 15) is 10.2 Å². The third-order valence-electron chi connectivity index (χ3n) is 3.31. The van der Waals surface area contributed by atoms with Crippen molar-refractivity contribution >= 4 is 11.0 Å². The summed E-state index contributed by atoms with van der Waals surface area (Å²) in [6.07, 6.45) is 6.04. The van der Waals surface area contributed by atoms with Gasteiger partial charge in [-0.05, 0) is 13.0 Å². The van der Waals surface area contributed by atoms with Gasteiger partial charge in [-0.25, -0.2) is 9.97 Å². The van der Waals surface area contributed by atoms with Crippen molar-refractivity contribution in [2.75, 3.05) is 0 Å². The van der Waals surface area contributed by atoms with E-state index in [4.69, 9.17) is 0 Å². The first-order chi connectivity index (χ1) is 8.13. The van der Waals surface area contributed by atoms with Crippen molar-refractivity contribution in [2.45, 2.75) is 25.2 Å². The van der Waals surface area contributed by atoms with Gasteiger partial charge in [-0.3, -0.25) is 0 Å². The summed E-state index contributed by atoms with van der Waals surface area (Å²) in [6, 6.07) is 1.85. The van der Waals surface area contributed by atoms with E-state index in [1.807, 2.05) is 13.0 Å². The van der Waals surface area contributed by atoms with E-state index in [1.165, 1.54) is 6.33 Å². The van der Waals surface area contributed by atoms with Crippen LogP contribution in [0.5, 0.6) is 0 Å². The number of aromatic nitrogens is 3. The molecule has 1 aliphatic carbocycles. The fourth-order valence-corrected chi connectivity index (χ4v) is 2.28. The van der Waals surface area contributed by atoms with Crippen LogP contribution in [0, 0.1) is 6.92 Å². The van der Waals surface area contributed by atoms with Gasteiger partial charge in [0.05, 0.1) is 5.69 Å². The molecule has 2 N–H and O–H groups in total. The largest absolute Gasteiger partial charge is 0.384 e. The van der Waals surface area contributed by atoms with Crippen LogP contribution >= 0.6 is 0 Å². The Morgan fingerprint density at radius 3 is 3.00 bits per heavy atom. The van der Waals surface area contributed by atoms with Gasteiger partial charge < -0.3 is 14.8 Å². The molecule has 0 bridgehead atoms. The van der Waals surface area contributed by atoms with Crippen molar-refractivity contribution in [1.29, 1.82) is 0 Å². The first-order valence-electron chi connectivity index (χ1n) is 5.49. The molecule has 88 valence electrons. The molecule has 3 rings (SSSR count). The minimum absolute atomic E-state index is 0.376. The lowest BCUT2D eigenvalue weighted by Crippen LogP contribution is -2.40. The molecule has 1 aliphatic rings. The summed E-state index contributed by atoms with van der Waals surface area (Å²) < 4.78 is 1.61. The SMILES string of the molecule is Cc1ncnc2c1ccn2C1(O)CC=CC1O. The zero-order valence-corrected chi connectivity index (χ0v) is 9.41. The fourth-order valence-electron chi connectivity index (χ4n) is 2.28. The van der Waals surface area contributed by atoms with Crippen LogP contribution in [0.4, 0.5) is 0 Å². The van der Waals surface area contributed by atoms with Gasteiger partial charge in [0.15, 0.2) is 5.72 Å². The third kappa shape index (κ3) is 1.33. The minimum Gasteiger partial charge on any atom is -0.384 e. The normalized spacial score (nSPS) is 28.1. The van der Waals surface area contributed by atoms with E-state index in [0.717, 1.165) is 11.1 Å². The second-order valence-corrected chi connectivity index (χ2v) is 4.34. The Bertz CT molecular complexity index is 605. The zero-order valence-electron chi connectivity index (χ0n) is 9.41. The first-order valence-corrected chi connectivity index (χ1v) is 5.49. The molecule has 5 heteroatoms. The number of fused-ring (bicyclic) bond motifs is 1. The van der Waals surface area contributed by atoms with Gasteiger partial charge in [0.1, 0.15) is 18.1 Å². The molecule has 0 spiro atoms. The maximum absolute atomic E-state index is 10.5. The molecule has 0 amide bonds. The lowest BCUT2D eigenvalue weighted by molar-refractivity contribution is -0.101. The van der Waals surface area contributed by atoms with E-state index in [-0.39, 0.29) is 0 Å². The van der Waals surface area contributed by atoms with Gasteiger partial charge in [0.25, 0.3) is 0 Å². The van der Waals surface area contributed by atoms with Crippen LogP contribution in [-0.4, -0.2) is 30.9 Å². The number of aryl methyl sites for hydroxylation is 1. The first kappa shape index (κ1) is 10.4. The maximum atomic E-state index is 10.5. The highest BCUT2D eigenvalue weighted by molar-refractivity contribution is 5.78. The summed E-state index contributed by atoms with van der Waals surface area (Å²) in [5.74, 6) is 0. The quantitative estimate of drug-likeness (QED) is 0.709. The Balaban J connectivity index is 2.22. The number of hydrogen-bond acceptors (Lipinski definition) is 4. The van der Waals surface area contributed by atoms with Crippen molar-refractivity contribution in [2.24, 2.45) is 0 Å². The average molecular weight is 231 g/mol. The summed E-state index contributed by atoms with van der Waals surface area (Å²) >= 11 is 0. The average Bonchev–Trinajstić information content (AvgIpc) is 2.86. The zero-order chi connectivity index (χ0) is 12.0. The molecule has 2 aromatic heterocycles. The number of aliphatic hydroxyl groups excluding tert-OH is 1. The van der Waals surface area contributed by atoms with Crippen LogP contribution in [0.15, 0.2) is 30.7 Å². The monoisotopic (exact) mass is 231 g/mol. The molecule has 2 unspecified atom stereocenters. The van der Waals surface area contributed by atoms with Crippen molar-refractivity contribution < 1.29 is 10.2 Å². The molecule has 2 atom stereocenters. The molecule has 2 aromatic rings. The van der Waals surface area contributed by atoms with E-state index >= 15 is 0 Å². The fraction of sp³-hybridized carbons (Fsp3) is 0.333. The van der Waals surface area contributed by atoms with Gasteiger partial charge >= 0.3 is 0 Å². The smallest absolute Gasteiger partial charge is 0.176 e. The van der Waals surface area contributed by atoms with E-state index < -0.39 is 11.8 Å². The summed E-state index contributed by atoms with van der Waals surface area (Å²) in [5, 5.41) is 21.2. The van der Waals surface area contributed by atoms with Gasteiger partial charge in [0, 0.05) is 18.0 Å². The van der Waals surface area contributed by atoms with Gasteiger partial charge in [-0.15, -0.1) is 0 Å². The number of rotatable bonds is 1. The molecular formula is C12H13N3O2. The third-order valence-corrected chi connectivity index (χ3v) is 3.31. The summed E-state index contributed by atoms with van der Waals surface area (Å²) in [4.78, 5) is 8.28. The number of aliphatic hydroxyl groups is 2. The van der Waals surface area contributed by atoms with E-state index in [1.54, 1.807) is 22.9 Å². The molecule has 0 aliphatic heterocycles. The molecule has 5 nitrogen and oxygen atoms in total. The van der Waals surface area contributed by atoms with Crippen LogP contribution in [0.2, 0.25) is 0 Å². The highest BCUT2D eigenvalue weighted by Crippen LogP contribution is 2.32. The summed E-state index contributed by atoms with van der Waals surface area (Å²) in [7, 11) is 0. The Hall–Kier alpha value is -1.72. The molecular weight excluding hydrogens is 218 g/mol. The van der Waals surface area contributed by atoms with Gasteiger partial charge in [-0.1, -0.05) is 12.2 Å². The summed E-state index contributed by atoms with van der Waals surface area (Å²) in [5.41, 5.74) is 0.170. The van der Waals surface area contributed by atoms with Crippen LogP contribution in [-0.2, 0) is 5.72 Å². The Kier molecular flexibility index (Phi) is 2.08. The topological polar surface area (TPSA) is 71.2 Å². The predicted octanol–water partition coefficient (Wildman–Crippen LogP) is 0.706. The highest BCUT2D eigenvalue weighted by Gasteiger charge is 2.39. The molecule has 0 saturated carbocycles. The van der Waals surface area contributed by atoms with Gasteiger partial charge in [0.2, 0.25) is 0 Å². The van der Waals surface area contributed by atoms with E-state index in [2.05, 4.69) is 9.97 Å². The van der Waals surface area contributed by atoms with Crippen LogP contribution in [0.3, 0.4) is 0 Å². The summed E-state index contributed by atoms with van der Waals surface area (Å²) in [6.45, 7) is 1.89. The molecule has 0 saturated heterocycles. The Morgan fingerprint density at radius 2 is 2.29 bits per heavy atom. The van der Waals surface area contributed by atoms with Crippen LogP contribution < -0.4 is 0 Å². The highest BCUT2D eigenvalue weighted by atomic mass is 16.4. The maximum Gasteiger partial charge on any atom is 0.176 e. The van der Waals surface area contributed by atoms with Crippen LogP contribution in [0.25, 0.3) is 11.0 Å². The van der Waals surface area contributed by atoms with Crippen LogP contribution in [0.1, 0.15) is 12.1 Å². The molecule has 0 radical (unpaired) electrons. The lowest BCUT2D eigenvalue weighted by Gasteiger charge is -2.28. The van der Waals surface area contributed by atoms with E-state index in [0.29, 0.717) is 12.1 Å². The van der Waals surface area contributed by atoms with Gasteiger partial charge in [-0.2, -0.15) is 0 Å². The van der Waals surface area contributed by atoms with Crippen molar-refractivity contribution in [3.05, 3.63) is 36.4 Å². The molecule has 2 heterocycles. The second kappa shape index (κ2) is 3.38. The van der Waals surface area contributed by atoms with Crippen molar-refractivity contribution in [3.8, 4) is 0 Å². The Morgan fingerprint density at radius 1 is 1.47 bits per heavy atom. The number of hydrogen-bond donors (Lipinski definition) is 2.